The van der Waals surface area contributed by atoms with E-state index in [2.05, 4.69) is 54.9 Å². The molecule has 1 aliphatic rings. The van der Waals surface area contributed by atoms with E-state index < -0.39 is 0 Å². The van der Waals surface area contributed by atoms with Crippen LogP contribution in [0.15, 0.2) is 29.3 Å². The number of aliphatic imine (C=N–C) groups is 1. The zero-order valence-corrected chi connectivity index (χ0v) is 12.7. The van der Waals surface area contributed by atoms with Crippen molar-refractivity contribution < 1.29 is 0 Å². The van der Waals surface area contributed by atoms with Crippen molar-refractivity contribution in [1.29, 1.82) is 0 Å². The van der Waals surface area contributed by atoms with Gasteiger partial charge in [-0.3, -0.25) is 4.90 Å². The van der Waals surface area contributed by atoms with E-state index in [1.54, 1.807) is 0 Å². The van der Waals surface area contributed by atoms with Crippen LogP contribution in [-0.2, 0) is 6.54 Å². The molecule has 110 valence electrons. The summed E-state index contributed by atoms with van der Waals surface area (Å²) in [5, 5.41) is 0. The predicted octanol–water partition coefficient (Wildman–Crippen LogP) is 2.60. The van der Waals surface area contributed by atoms with Crippen molar-refractivity contribution in [2.45, 2.75) is 52.4 Å². The molecule has 0 bridgehead atoms. The number of hydrogen-bond acceptors (Lipinski definition) is 2. The summed E-state index contributed by atoms with van der Waals surface area (Å²) in [6.45, 7) is 7.57. The first-order valence-electron chi connectivity index (χ1n) is 7.45. The van der Waals surface area contributed by atoms with Crippen molar-refractivity contribution in [3.63, 3.8) is 0 Å². The van der Waals surface area contributed by atoms with Gasteiger partial charge in [-0.05, 0) is 29.9 Å². The highest BCUT2D eigenvalue weighted by atomic mass is 15.3. The number of hydrogen-bond donors (Lipinski definition) is 2. The molecular formula is C16H26N4. The minimum Gasteiger partial charge on any atom is -0.370 e. The molecule has 1 aromatic rings. The minimum absolute atomic E-state index is 0.0670. The summed E-state index contributed by atoms with van der Waals surface area (Å²) in [4.78, 5) is 6.91. The van der Waals surface area contributed by atoms with E-state index >= 15 is 0 Å². The monoisotopic (exact) mass is 274 g/mol. The highest BCUT2D eigenvalue weighted by molar-refractivity contribution is 5.75. The molecule has 2 unspecified atom stereocenters. The number of rotatable bonds is 5. The average molecular weight is 274 g/mol. The van der Waals surface area contributed by atoms with E-state index in [-0.39, 0.29) is 12.1 Å². The zero-order valence-electron chi connectivity index (χ0n) is 12.7. The molecule has 0 fully saturated rings. The highest BCUT2D eigenvalue weighted by Gasteiger charge is 2.33. The fraction of sp³-hybridized carbons (Fsp3) is 0.562. The Morgan fingerprint density at radius 3 is 2.65 bits per heavy atom. The number of fused-ring (bicyclic) bond motifs is 1. The number of benzene rings is 1. The van der Waals surface area contributed by atoms with E-state index in [0.717, 1.165) is 19.4 Å². The van der Waals surface area contributed by atoms with Crippen molar-refractivity contribution in [3.8, 4) is 0 Å². The largest absolute Gasteiger partial charge is 0.370 e. The van der Waals surface area contributed by atoms with Crippen LogP contribution < -0.4 is 11.5 Å². The lowest BCUT2D eigenvalue weighted by Gasteiger charge is -2.31. The van der Waals surface area contributed by atoms with Crippen molar-refractivity contribution in [3.05, 3.63) is 35.4 Å². The lowest BCUT2D eigenvalue weighted by atomic mass is 10.0. The lowest BCUT2D eigenvalue weighted by Crippen LogP contribution is -2.37. The molecule has 0 amide bonds. The molecule has 0 aromatic heterocycles. The maximum atomic E-state index is 5.63. The average Bonchev–Trinajstić information content (AvgIpc) is 2.75. The summed E-state index contributed by atoms with van der Waals surface area (Å²) in [6, 6.07) is 9.07. The summed E-state index contributed by atoms with van der Waals surface area (Å²) in [6.07, 6.45) is 2.12. The zero-order chi connectivity index (χ0) is 14.7. The van der Waals surface area contributed by atoms with Gasteiger partial charge in [-0.2, -0.15) is 0 Å². The van der Waals surface area contributed by atoms with Gasteiger partial charge in [0.05, 0.1) is 0 Å². The van der Waals surface area contributed by atoms with Gasteiger partial charge < -0.3 is 11.5 Å². The van der Waals surface area contributed by atoms with E-state index in [1.165, 1.54) is 11.1 Å². The third kappa shape index (κ3) is 3.12. The van der Waals surface area contributed by atoms with E-state index in [0.29, 0.717) is 12.0 Å². The molecule has 4 N–H and O–H groups in total. The van der Waals surface area contributed by atoms with Gasteiger partial charge in [0.1, 0.15) is 6.17 Å². The molecule has 0 spiro atoms. The van der Waals surface area contributed by atoms with Gasteiger partial charge in [-0.1, -0.05) is 45.0 Å². The van der Waals surface area contributed by atoms with Crippen LogP contribution in [0.3, 0.4) is 0 Å². The first-order chi connectivity index (χ1) is 9.52. The molecule has 0 radical (unpaired) electrons. The Morgan fingerprint density at radius 2 is 2.05 bits per heavy atom. The van der Waals surface area contributed by atoms with Crippen molar-refractivity contribution in [2.75, 3.05) is 0 Å². The summed E-state index contributed by atoms with van der Waals surface area (Å²) >= 11 is 0. The van der Waals surface area contributed by atoms with Crippen LogP contribution in [0, 0.1) is 5.92 Å². The molecular weight excluding hydrogens is 248 g/mol. The smallest absolute Gasteiger partial charge is 0.187 e. The predicted molar refractivity (Wildman–Crippen MR) is 84.1 cm³/mol. The first kappa shape index (κ1) is 14.9. The molecule has 20 heavy (non-hydrogen) atoms. The standard InChI is InChI=1S/C16H26N4/c1-4-14-13-8-6-5-7-12(13)10-20(14)15(9-11(2)3)19-16(17)18/h5-8,11,14-15H,4,9-10H2,1-3H3,(H4,17,18,19). The Balaban J connectivity index is 2.28. The Morgan fingerprint density at radius 1 is 1.35 bits per heavy atom. The van der Waals surface area contributed by atoms with Gasteiger partial charge in [0.25, 0.3) is 0 Å². The third-order valence-electron chi connectivity index (χ3n) is 3.92. The van der Waals surface area contributed by atoms with E-state index in [1.807, 2.05) is 0 Å². The van der Waals surface area contributed by atoms with Crippen LogP contribution in [0.2, 0.25) is 0 Å². The van der Waals surface area contributed by atoms with E-state index in [4.69, 9.17) is 11.5 Å². The maximum Gasteiger partial charge on any atom is 0.187 e. The second kappa shape index (κ2) is 6.27. The van der Waals surface area contributed by atoms with E-state index in [9.17, 15) is 0 Å². The van der Waals surface area contributed by atoms with Crippen LogP contribution in [0.4, 0.5) is 0 Å². The molecule has 1 aliphatic heterocycles. The Labute approximate surface area is 121 Å². The van der Waals surface area contributed by atoms with Crippen molar-refractivity contribution in [1.82, 2.24) is 4.90 Å². The Bertz CT molecular complexity index is 477. The van der Waals surface area contributed by atoms with Gasteiger partial charge >= 0.3 is 0 Å². The van der Waals surface area contributed by atoms with Crippen LogP contribution in [0.5, 0.6) is 0 Å². The molecule has 1 aromatic carbocycles. The highest BCUT2D eigenvalue weighted by Crippen LogP contribution is 2.38. The third-order valence-corrected chi connectivity index (χ3v) is 3.92. The molecule has 0 aliphatic carbocycles. The van der Waals surface area contributed by atoms with Crippen molar-refractivity contribution >= 4 is 5.96 Å². The molecule has 2 atom stereocenters. The first-order valence-corrected chi connectivity index (χ1v) is 7.45. The van der Waals surface area contributed by atoms with Gasteiger partial charge in [0, 0.05) is 12.6 Å². The summed E-state index contributed by atoms with van der Waals surface area (Å²) in [7, 11) is 0. The normalized spacial score (nSPS) is 19.9. The van der Waals surface area contributed by atoms with Crippen LogP contribution >= 0.6 is 0 Å². The van der Waals surface area contributed by atoms with Gasteiger partial charge in [-0.15, -0.1) is 0 Å². The van der Waals surface area contributed by atoms with Crippen molar-refractivity contribution in [2.24, 2.45) is 22.4 Å². The molecule has 2 rings (SSSR count). The molecule has 1 heterocycles. The Kier molecular flexibility index (Phi) is 4.65. The topological polar surface area (TPSA) is 67.6 Å². The fourth-order valence-electron chi connectivity index (χ4n) is 3.11. The maximum absolute atomic E-state index is 5.63. The Hall–Kier alpha value is -1.55. The lowest BCUT2D eigenvalue weighted by molar-refractivity contribution is 0.129. The number of nitrogens with two attached hydrogens (primary N) is 2. The fourth-order valence-corrected chi connectivity index (χ4v) is 3.11. The SMILES string of the molecule is CCC1c2ccccc2CN1C(CC(C)C)N=C(N)N. The van der Waals surface area contributed by atoms with Gasteiger partial charge in [0.15, 0.2) is 5.96 Å². The van der Waals surface area contributed by atoms with Crippen LogP contribution in [-0.4, -0.2) is 17.0 Å². The molecule has 4 heteroatoms. The number of nitrogens with zero attached hydrogens (tertiary/aromatic N) is 2. The summed E-state index contributed by atoms with van der Waals surface area (Å²) in [5.74, 6) is 0.741. The van der Waals surface area contributed by atoms with Gasteiger partial charge in [0.2, 0.25) is 0 Å². The molecule has 0 saturated carbocycles. The quantitative estimate of drug-likeness (QED) is 0.640. The van der Waals surface area contributed by atoms with Crippen LogP contribution in [0.1, 0.15) is 50.8 Å². The summed E-state index contributed by atoms with van der Waals surface area (Å²) < 4.78 is 0. The van der Waals surface area contributed by atoms with Gasteiger partial charge in [-0.25, -0.2) is 4.99 Å². The minimum atomic E-state index is 0.0670. The van der Waals surface area contributed by atoms with Crippen LogP contribution in [0.25, 0.3) is 0 Å². The molecule has 0 saturated heterocycles. The second-order valence-electron chi connectivity index (χ2n) is 5.96. The number of guanidine groups is 1. The summed E-state index contributed by atoms with van der Waals surface area (Å²) in [5.41, 5.74) is 14.1. The second-order valence-corrected chi connectivity index (χ2v) is 5.96. The molecule has 4 nitrogen and oxygen atoms in total.